The number of hydrogen-bond donors (Lipinski definition) is 0. The second-order valence-electron chi connectivity index (χ2n) is 4.22. The standard InChI is InChI=1S/C13H13N5OS/c1-9-11(13-16-15-12(19-13)8-20-2)7-18(17-9)10-4-3-5-14-6-10/h3-7H,8H2,1-2H3. The lowest BCUT2D eigenvalue weighted by atomic mass is 10.3. The average Bonchev–Trinajstić information content (AvgIpc) is 3.07. The summed E-state index contributed by atoms with van der Waals surface area (Å²) in [6.07, 6.45) is 7.36. The van der Waals surface area contributed by atoms with Crippen molar-refractivity contribution in [1.29, 1.82) is 0 Å². The van der Waals surface area contributed by atoms with Crippen LogP contribution in [-0.4, -0.2) is 31.2 Å². The Hall–Kier alpha value is -2.15. The quantitative estimate of drug-likeness (QED) is 0.734. The van der Waals surface area contributed by atoms with E-state index in [9.17, 15) is 0 Å². The van der Waals surface area contributed by atoms with Crippen molar-refractivity contribution in [3.05, 3.63) is 42.3 Å². The Bertz CT molecular complexity index is 707. The zero-order valence-electron chi connectivity index (χ0n) is 11.1. The molecule has 0 N–H and O–H groups in total. The Morgan fingerprint density at radius 1 is 1.35 bits per heavy atom. The zero-order chi connectivity index (χ0) is 13.9. The lowest BCUT2D eigenvalue weighted by molar-refractivity contribution is 0.528. The van der Waals surface area contributed by atoms with Crippen LogP contribution in [0.5, 0.6) is 0 Å². The highest BCUT2D eigenvalue weighted by Gasteiger charge is 2.15. The van der Waals surface area contributed by atoms with Crippen LogP contribution < -0.4 is 0 Å². The molecule has 0 bridgehead atoms. The van der Waals surface area contributed by atoms with Crippen LogP contribution in [-0.2, 0) is 5.75 Å². The normalized spacial score (nSPS) is 10.9. The van der Waals surface area contributed by atoms with Gasteiger partial charge in [-0.15, -0.1) is 10.2 Å². The van der Waals surface area contributed by atoms with Gasteiger partial charge in [-0.05, 0) is 25.3 Å². The Morgan fingerprint density at radius 3 is 3.00 bits per heavy atom. The van der Waals surface area contributed by atoms with Gasteiger partial charge in [0.15, 0.2) is 0 Å². The number of aryl methyl sites for hydroxylation is 1. The second kappa shape index (κ2) is 5.46. The Labute approximate surface area is 120 Å². The molecule has 0 fully saturated rings. The summed E-state index contributed by atoms with van der Waals surface area (Å²) in [6.45, 7) is 1.92. The highest BCUT2D eigenvalue weighted by atomic mass is 32.2. The van der Waals surface area contributed by atoms with Crippen molar-refractivity contribution in [2.45, 2.75) is 12.7 Å². The first kappa shape index (κ1) is 12.9. The summed E-state index contributed by atoms with van der Waals surface area (Å²) in [4.78, 5) is 4.09. The van der Waals surface area contributed by atoms with Crippen LogP contribution in [0.3, 0.4) is 0 Å². The van der Waals surface area contributed by atoms with Gasteiger partial charge < -0.3 is 4.42 Å². The lowest BCUT2D eigenvalue weighted by Crippen LogP contribution is -1.94. The molecule has 3 heterocycles. The maximum atomic E-state index is 5.63. The van der Waals surface area contributed by atoms with Gasteiger partial charge in [-0.3, -0.25) is 4.98 Å². The van der Waals surface area contributed by atoms with Gasteiger partial charge in [-0.25, -0.2) is 4.68 Å². The van der Waals surface area contributed by atoms with E-state index in [-0.39, 0.29) is 0 Å². The predicted molar refractivity (Wildman–Crippen MR) is 76.6 cm³/mol. The minimum Gasteiger partial charge on any atom is -0.420 e. The van der Waals surface area contributed by atoms with Gasteiger partial charge in [0.25, 0.3) is 5.89 Å². The molecule has 3 aromatic heterocycles. The van der Waals surface area contributed by atoms with E-state index < -0.39 is 0 Å². The summed E-state index contributed by atoms with van der Waals surface area (Å²) in [5.74, 6) is 1.84. The molecule has 0 saturated heterocycles. The SMILES string of the molecule is CSCc1nnc(-c2cn(-c3cccnc3)nc2C)o1. The average molecular weight is 287 g/mol. The molecule has 0 aliphatic carbocycles. The first-order valence-corrected chi connectivity index (χ1v) is 7.45. The van der Waals surface area contributed by atoms with E-state index in [0.29, 0.717) is 17.5 Å². The van der Waals surface area contributed by atoms with Gasteiger partial charge in [-0.2, -0.15) is 16.9 Å². The molecule has 0 radical (unpaired) electrons. The molecule has 20 heavy (non-hydrogen) atoms. The van der Waals surface area contributed by atoms with Crippen LogP contribution in [0.1, 0.15) is 11.6 Å². The summed E-state index contributed by atoms with van der Waals surface area (Å²) >= 11 is 1.64. The van der Waals surface area contributed by atoms with Crippen LogP contribution >= 0.6 is 11.8 Å². The van der Waals surface area contributed by atoms with E-state index >= 15 is 0 Å². The van der Waals surface area contributed by atoms with Crippen LogP contribution in [0.2, 0.25) is 0 Å². The highest BCUT2D eigenvalue weighted by molar-refractivity contribution is 7.97. The third kappa shape index (κ3) is 2.44. The molecule has 0 saturated carbocycles. The van der Waals surface area contributed by atoms with E-state index in [2.05, 4.69) is 20.3 Å². The first-order chi connectivity index (χ1) is 9.78. The molecule has 7 heteroatoms. The molecule has 0 aliphatic heterocycles. The lowest BCUT2D eigenvalue weighted by Gasteiger charge is -1.97. The number of thioether (sulfide) groups is 1. The van der Waals surface area contributed by atoms with E-state index in [1.165, 1.54) is 0 Å². The van der Waals surface area contributed by atoms with Crippen molar-refractivity contribution in [3.63, 3.8) is 0 Å². The maximum Gasteiger partial charge on any atom is 0.251 e. The van der Waals surface area contributed by atoms with E-state index in [0.717, 1.165) is 16.9 Å². The summed E-state index contributed by atoms with van der Waals surface area (Å²) in [5, 5.41) is 12.5. The summed E-state index contributed by atoms with van der Waals surface area (Å²) in [7, 11) is 0. The van der Waals surface area contributed by atoms with Gasteiger partial charge in [0.05, 0.1) is 28.9 Å². The Morgan fingerprint density at radius 2 is 2.25 bits per heavy atom. The monoisotopic (exact) mass is 287 g/mol. The number of hydrogen-bond acceptors (Lipinski definition) is 6. The van der Waals surface area contributed by atoms with Crippen molar-refractivity contribution in [2.75, 3.05) is 6.26 Å². The van der Waals surface area contributed by atoms with E-state index in [1.54, 1.807) is 28.8 Å². The first-order valence-electron chi connectivity index (χ1n) is 6.06. The second-order valence-corrected chi connectivity index (χ2v) is 5.08. The molecule has 0 aliphatic rings. The minimum absolute atomic E-state index is 0.502. The fraction of sp³-hybridized carbons (Fsp3) is 0.231. The summed E-state index contributed by atoms with van der Waals surface area (Å²) < 4.78 is 7.39. The molecule has 0 atom stereocenters. The fourth-order valence-electron chi connectivity index (χ4n) is 1.84. The topological polar surface area (TPSA) is 69.6 Å². The zero-order valence-corrected chi connectivity index (χ0v) is 12.0. The predicted octanol–water partition coefficient (Wildman–Crippen LogP) is 2.49. The van der Waals surface area contributed by atoms with Crippen LogP contribution in [0, 0.1) is 6.92 Å². The van der Waals surface area contributed by atoms with Gasteiger partial charge in [-0.1, -0.05) is 0 Å². The van der Waals surface area contributed by atoms with Crippen molar-refractivity contribution in [3.8, 4) is 17.1 Å². The van der Waals surface area contributed by atoms with Gasteiger partial charge in [0, 0.05) is 12.4 Å². The number of nitrogens with zero attached hydrogens (tertiary/aromatic N) is 5. The molecule has 0 spiro atoms. The molecule has 0 amide bonds. The van der Waals surface area contributed by atoms with Crippen molar-refractivity contribution in [1.82, 2.24) is 25.0 Å². The third-order valence-corrected chi connectivity index (χ3v) is 3.31. The molecular weight excluding hydrogens is 274 g/mol. The molecule has 102 valence electrons. The molecule has 3 aromatic rings. The van der Waals surface area contributed by atoms with Gasteiger partial charge >= 0.3 is 0 Å². The Balaban J connectivity index is 1.96. The molecule has 6 nitrogen and oxygen atoms in total. The van der Waals surface area contributed by atoms with Crippen LogP contribution in [0.4, 0.5) is 0 Å². The van der Waals surface area contributed by atoms with Crippen molar-refractivity contribution < 1.29 is 4.42 Å². The van der Waals surface area contributed by atoms with Crippen LogP contribution in [0.15, 0.2) is 35.1 Å². The number of aromatic nitrogens is 5. The molecular formula is C13H13N5OS. The van der Waals surface area contributed by atoms with E-state index in [1.807, 2.05) is 31.5 Å². The maximum absolute atomic E-state index is 5.63. The van der Waals surface area contributed by atoms with Gasteiger partial charge in [0.1, 0.15) is 0 Å². The smallest absolute Gasteiger partial charge is 0.251 e. The summed E-state index contributed by atoms with van der Waals surface area (Å²) in [6, 6.07) is 3.81. The highest BCUT2D eigenvalue weighted by Crippen LogP contribution is 2.23. The molecule has 0 aromatic carbocycles. The molecule has 0 unspecified atom stereocenters. The third-order valence-electron chi connectivity index (χ3n) is 2.77. The Kier molecular flexibility index (Phi) is 3.51. The van der Waals surface area contributed by atoms with E-state index in [4.69, 9.17) is 4.42 Å². The largest absolute Gasteiger partial charge is 0.420 e. The minimum atomic E-state index is 0.502. The van der Waals surface area contributed by atoms with Crippen molar-refractivity contribution in [2.24, 2.45) is 0 Å². The van der Waals surface area contributed by atoms with Gasteiger partial charge in [0.2, 0.25) is 5.89 Å². The fourth-order valence-corrected chi connectivity index (χ4v) is 2.20. The molecule has 3 rings (SSSR count). The summed E-state index contributed by atoms with van der Waals surface area (Å²) in [5.41, 5.74) is 2.58. The number of pyridine rings is 1. The van der Waals surface area contributed by atoms with Crippen LogP contribution in [0.25, 0.3) is 17.1 Å². The van der Waals surface area contributed by atoms with Crippen molar-refractivity contribution >= 4 is 11.8 Å². The number of rotatable bonds is 4.